The molecule has 0 saturated carbocycles. The quantitative estimate of drug-likeness (QED) is 0.869. The van der Waals surface area contributed by atoms with Crippen LogP contribution in [0.25, 0.3) is 0 Å². The molecule has 1 unspecified atom stereocenters. The molecule has 0 amide bonds. The Morgan fingerprint density at radius 3 is 2.63 bits per heavy atom. The van der Waals surface area contributed by atoms with Crippen molar-refractivity contribution in [2.24, 2.45) is 0 Å². The van der Waals surface area contributed by atoms with Crippen molar-refractivity contribution >= 4 is 39.7 Å². The van der Waals surface area contributed by atoms with Gasteiger partial charge in [0, 0.05) is 5.69 Å². The van der Waals surface area contributed by atoms with E-state index in [1.54, 1.807) is 18.2 Å². The second-order valence-corrected chi connectivity index (χ2v) is 6.10. The zero-order valence-corrected chi connectivity index (χ0v) is 12.0. The summed E-state index contributed by atoms with van der Waals surface area (Å²) in [5.74, 6) is -0.431. The highest BCUT2D eigenvalue weighted by atomic mass is 35.5. The largest absolute Gasteiger partial charge is 0.399 e. The fourth-order valence-electron chi connectivity index (χ4n) is 1.58. The van der Waals surface area contributed by atoms with E-state index < -0.39 is 16.6 Å². The molecule has 0 radical (unpaired) electrons. The zero-order chi connectivity index (χ0) is 14.0. The summed E-state index contributed by atoms with van der Waals surface area (Å²) in [6.45, 7) is 0. The van der Waals surface area contributed by atoms with Crippen LogP contribution in [0.15, 0.2) is 41.3 Å². The lowest BCUT2D eigenvalue weighted by molar-refractivity contribution is 0.626. The minimum absolute atomic E-state index is 0.0117. The maximum absolute atomic E-state index is 13.3. The number of anilines is 1. The first-order valence-electron chi connectivity index (χ1n) is 5.35. The predicted octanol–water partition coefficient (Wildman–Crippen LogP) is 4.02. The predicted molar refractivity (Wildman–Crippen MR) is 77.4 cm³/mol. The Hall–Kier alpha value is -1.10. The third-order valence-electron chi connectivity index (χ3n) is 2.52. The van der Waals surface area contributed by atoms with E-state index in [9.17, 15) is 8.60 Å². The van der Waals surface area contributed by atoms with E-state index in [2.05, 4.69) is 0 Å². The first-order chi connectivity index (χ1) is 8.99. The molecule has 0 spiro atoms. The van der Waals surface area contributed by atoms with Crippen molar-refractivity contribution in [3.63, 3.8) is 0 Å². The van der Waals surface area contributed by atoms with Crippen molar-refractivity contribution in [3.05, 3.63) is 57.8 Å². The van der Waals surface area contributed by atoms with Gasteiger partial charge in [-0.1, -0.05) is 35.3 Å². The van der Waals surface area contributed by atoms with Crippen LogP contribution in [0.4, 0.5) is 10.1 Å². The van der Waals surface area contributed by atoms with Crippen LogP contribution in [0.1, 0.15) is 5.56 Å². The Kier molecular flexibility index (Phi) is 4.45. The highest BCUT2D eigenvalue weighted by Gasteiger charge is 2.13. The molecule has 0 fully saturated rings. The van der Waals surface area contributed by atoms with Crippen molar-refractivity contribution in [1.29, 1.82) is 0 Å². The summed E-state index contributed by atoms with van der Waals surface area (Å²) < 4.78 is 25.5. The summed E-state index contributed by atoms with van der Waals surface area (Å²) >= 11 is 11.8. The molecule has 2 nitrogen and oxygen atoms in total. The number of rotatable bonds is 3. The van der Waals surface area contributed by atoms with Gasteiger partial charge in [-0.2, -0.15) is 0 Å². The van der Waals surface area contributed by atoms with Crippen molar-refractivity contribution in [3.8, 4) is 0 Å². The highest BCUT2D eigenvalue weighted by Crippen LogP contribution is 2.27. The number of benzene rings is 2. The molecular weight excluding hydrogens is 308 g/mol. The molecule has 1 atom stereocenters. The molecule has 0 aliphatic rings. The van der Waals surface area contributed by atoms with Crippen LogP contribution in [0.2, 0.25) is 10.0 Å². The molecular formula is C13H10Cl2FNOS. The van der Waals surface area contributed by atoms with Gasteiger partial charge in [0.05, 0.1) is 31.5 Å². The normalized spacial score (nSPS) is 12.4. The molecule has 0 aromatic heterocycles. The third-order valence-corrected chi connectivity index (χ3v) is 4.79. The molecule has 2 aromatic carbocycles. The molecule has 0 heterocycles. The molecule has 0 saturated heterocycles. The minimum atomic E-state index is -1.41. The molecule has 0 aliphatic heterocycles. The maximum Gasteiger partial charge on any atom is 0.142 e. The summed E-state index contributed by atoms with van der Waals surface area (Å²) in [6.07, 6.45) is 0. The molecule has 6 heteroatoms. The number of hydrogen-bond donors (Lipinski definition) is 1. The lowest BCUT2D eigenvalue weighted by atomic mass is 10.2. The fraction of sp³-hybridized carbons (Fsp3) is 0.0769. The summed E-state index contributed by atoms with van der Waals surface area (Å²) in [4.78, 5) is 0.455. The molecule has 19 heavy (non-hydrogen) atoms. The van der Waals surface area contributed by atoms with Gasteiger partial charge in [-0.3, -0.25) is 4.21 Å². The lowest BCUT2D eigenvalue weighted by Crippen LogP contribution is -1.99. The lowest BCUT2D eigenvalue weighted by Gasteiger charge is -2.07. The summed E-state index contributed by atoms with van der Waals surface area (Å²) in [5.41, 5.74) is 6.54. The Bertz CT molecular complexity index is 649. The number of hydrogen-bond acceptors (Lipinski definition) is 2. The average Bonchev–Trinajstić information content (AvgIpc) is 2.34. The fourth-order valence-corrected chi connectivity index (χ4v) is 3.47. The summed E-state index contributed by atoms with van der Waals surface area (Å²) in [7, 11) is -1.41. The van der Waals surface area contributed by atoms with Gasteiger partial charge in [0.25, 0.3) is 0 Å². The van der Waals surface area contributed by atoms with Crippen LogP contribution in [-0.2, 0) is 16.6 Å². The molecule has 100 valence electrons. The third kappa shape index (κ3) is 3.26. The Labute approximate surface area is 122 Å². The Morgan fingerprint density at radius 2 is 1.95 bits per heavy atom. The van der Waals surface area contributed by atoms with Gasteiger partial charge < -0.3 is 5.73 Å². The molecule has 0 aliphatic carbocycles. The second-order valence-electron chi connectivity index (χ2n) is 3.89. The first-order valence-corrected chi connectivity index (χ1v) is 7.43. The Morgan fingerprint density at radius 1 is 1.21 bits per heavy atom. The molecule has 2 N–H and O–H groups in total. The average molecular weight is 318 g/mol. The van der Waals surface area contributed by atoms with E-state index in [1.807, 2.05) is 0 Å². The zero-order valence-electron chi connectivity index (χ0n) is 9.70. The summed E-state index contributed by atoms with van der Waals surface area (Å²) in [5, 5.41) is 0.313. The second kappa shape index (κ2) is 5.90. The van der Waals surface area contributed by atoms with E-state index in [-0.39, 0.29) is 10.8 Å². The number of nitrogens with two attached hydrogens (primary N) is 1. The van der Waals surface area contributed by atoms with Gasteiger partial charge in [-0.05, 0) is 29.8 Å². The minimum Gasteiger partial charge on any atom is -0.399 e. The topological polar surface area (TPSA) is 43.1 Å². The van der Waals surface area contributed by atoms with Crippen LogP contribution >= 0.6 is 23.2 Å². The van der Waals surface area contributed by atoms with Crippen molar-refractivity contribution in [1.82, 2.24) is 0 Å². The highest BCUT2D eigenvalue weighted by molar-refractivity contribution is 7.84. The van der Waals surface area contributed by atoms with Gasteiger partial charge in [0.1, 0.15) is 5.82 Å². The molecule has 0 bridgehead atoms. The van der Waals surface area contributed by atoms with Gasteiger partial charge in [-0.25, -0.2) is 4.39 Å². The van der Waals surface area contributed by atoms with Crippen LogP contribution < -0.4 is 5.73 Å². The van der Waals surface area contributed by atoms with Crippen molar-refractivity contribution in [2.45, 2.75) is 10.6 Å². The number of nitrogen functional groups attached to an aromatic ring is 1. The monoisotopic (exact) mass is 317 g/mol. The molecule has 2 rings (SSSR count). The van der Waals surface area contributed by atoms with Crippen LogP contribution in [0.5, 0.6) is 0 Å². The van der Waals surface area contributed by atoms with E-state index >= 15 is 0 Å². The van der Waals surface area contributed by atoms with Gasteiger partial charge in [0.15, 0.2) is 0 Å². The van der Waals surface area contributed by atoms with Crippen molar-refractivity contribution in [2.75, 3.05) is 5.73 Å². The Balaban J connectivity index is 2.28. The smallest absolute Gasteiger partial charge is 0.142 e. The van der Waals surface area contributed by atoms with Crippen molar-refractivity contribution < 1.29 is 8.60 Å². The van der Waals surface area contributed by atoms with Crippen LogP contribution in [0, 0.1) is 5.82 Å². The number of halogens is 3. The maximum atomic E-state index is 13.3. The van der Waals surface area contributed by atoms with E-state index in [0.29, 0.717) is 21.2 Å². The van der Waals surface area contributed by atoms with Crippen LogP contribution in [0.3, 0.4) is 0 Å². The van der Waals surface area contributed by atoms with E-state index in [4.69, 9.17) is 28.9 Å². The van der Waals surface area contributed by atoms with Gasteiger partial charge in [0.2, 0.25) is 0 Å². The summed E-state index contributed by atoms with van der Waals surface area (Å²) in [6, 6.07) is 9.16. The van der Waals surface area contributed by atoms with Gasteiger partial charge >= 0.3 is 0 Å². The molecule has 2 aromatic rings. The first kappa shape index (κ1) is 14.3. The van der Waals surface area contributed by atoms with E-state index in [0.717, 1.165) is 0 Å². The standard InChI is InChI=1S/C13H10Cl2FNOS/c14-10-6-9(17)4-5-12(10)19(18)7-8-2-1-3-11(16)13(8)15/h1-6H,7,17H2. The van der Waals surface area contributed by atoms with E-state index in [1.165, 1.54) is 18.2 Å². The van der Waals surface area contributed by atoms with Gasteiger partial charge in [-0.15, -0.1) is 0 Å². The SMILES string of the molecule is Nc1ccc(S(=O)Cc2cccc(F)c2Cl)c(Cl)c1. The van der Waals surface area contributed by atoms with Crippen LogP contribution in [-0.4, -0.2) is 4.21 Å².